The number of carbonyl (C=O) groups excluding carboxylic acids is 1. The summed E-state index contributed by atoms with van der Waals surface area (Å²) < 4.78 is 0. The molecule has 0 saturated carbocycles. The maximum atomic E-state index is 12.3. The van der Waals surface area contributed by atoms with Gasteiger partial charge in [0.25, 0.3) is 5.91 Å². The average molecular weight is 339 g/mol. The van der Waals surface area contributed by atoms with E-state index in [0.717, 1.165) is 30.8 Å². The summed E-state index contributed by atoms with van der Waals surface area (Å²) in [7, 11) is 0. The number of nitrogens with one attached hydrogen (secondary N) is 3. The van der Waals surface area contributed by atoms with E-state index < -0.39 is 0 Å². The Morgan fingerprint density at radius 2 is 1.80 bits per heavy atom. The van der Waals surface area contributed by atoms with Crippen LogP contribution in [0, 0.1) is 6.92 Å². The average Bonchev–Trinajstić information content (AvgIpc) is 2.64. The van der Waals surface area contributed by atoms with Gasteiger partial charge in [0.1, 0.15) is 0 Å². The summed E-state index contributed by atoms with van der Waals surface area (Å²) in [4.78, 5) is 12.3. The lowest BCUT2D eigenvalue weighted by Crippen LogP contribution is -2.37. The minimum Gasteiger partial charge on any atom is -0.381 e. The van der Waals surface area contributed by atoms with Crippen molar-refractivity contribution in [2.45, 2.75) is 46.1 Å². The van der Waals surface area contributed by atoms with E-state index in [1.165, 1.54) is 24.8 Å². The van der Waals surface area contributed by atoms with Gasteiger partial charge in [-0.3, -0.25) is 10.2 Å². The number of aryl methyl sites for hydroxylation is 1. The number of unbranched alkanes of at least 4 members (excludes halogenated alkanes) is 3. The van der Waals surface area contributed by atoms with E-state index in [4.69, 9.17) is 0 Å². The molecule has 0 aliphatic heterocycles. The van der Waals surface area contributed by atoms with Crippen LogP contribution in [-0.4, -0.2) is 12.5 Å². The molecule has 1 amide bonds. The van der Waals surface area contributed by atoms with Gasteiger partial charge >= 0.3 is 0 Å². The molecule has 2 aromatic rings. The molecule has 134 valence electrons. The van der Waals surface area contributed by atoms with Gasteiger partial charge in [-0.1, -0.05) is 62.6 Å². The van der Waals surface area contributed by atoms with E-state index in [0.29, 0.717) is 5.56 Å². The normalized spacial score (nSPS) is 10.5. The summed E-state index contributed by atoms with van der Waals surface area (Å²) in [6.07, 6.45) is 4.72. The van der Waals surface area contributed by atoms with Gasteiger partial charge in [0.05, 0.1) is 0 Å². The molecule has 0 fully saturated rings. The molecule has 0 radical (unpaired) electrons. The zero-order chi connectivity index (χ0) is 17.9. The van der Waals surface area contributed by atoms with Crippen molar-refractivity contribution in [2.24, 2.45) is 0 Å². The van der Waals surface area contributed by atoms with Crippen molar-refractivity contribution < 1.29 is 4.79 Å². The van der Waals surface area contributed by atoms with Gasteiger partial charge in [0.15, 0.2) is 0 Å². The van der Waals surface area contributed by atoms with E-state index in [1.54, 1.807) is 0 Å². The van der Waals surface area contributed by atoms with Crippen LogP contribution in [0.1, 0.15) is 54.1 Å². The van der Waals surface area contributed by atoms with Gasteiger partial charge in [0, 0.05) is 24.3 Å². The third-order valence-electron chi connectivity index (χ3n) is 4.18. The number of benzene rings is 2. The van der Waals surface area contributed by atoms with Crippen LogP contribution >= 0.6 is 0 Å². The Bertz CT molecular complexity index is 655. The number of hydrogen-bond donors (Lipinski definition) is 3. The van der Waals surface area contributed by atoms with Crippen LogP contribution in [0.25, 0.3) is 0 Å². The number of amides is 1. The fourth-order valence-electron chi connectivity index (χ4n) is 2.60. The molecular weight excluding hydrogens is 310 g/mol. The molecule has 0 aromatic heterocycles. The van der Waals surface area contributed by atoms with Crippen molar-refractivity contribution in [3.63, 3.8) is 0 Å². The SMILES string of the molecule is CCCCCCNNC(=O)c1ccc(C)c(NCc2ccccc2)c1. The summed E-state index contributed by atoms with van der Waals surface area (Å²) >= 11 is 0. The highest BCUT2D eigenvalue weighted by Crippen LogP contribution is 2.18. The molecule has 0 atom stereocenters. The molecule has 0 aliphatic carbocycles. The van der Waals surface area contributed by atoms with E-state index in [-0.39, 0.29) is 5.91 Å². The maximum Gasteiger partial charge on any atom is 0.265 e. The van der Waals surface area contributed by atoms with E-state index in [1.807, 2.05) is 43.3 Å². The van der Waals surface area contributed by atoms with Crippen molar-refractivity contribution in [3.8, 4) is 0 Å². The molecular formula is C21H29N3O. The van der Waals surface area contributed by atoms with Crippen LogP contribution in [-0.2, 0) is 6.54 Å². The second-order valence-corrected chi connectivity index (χ2v) is 6.31. The molecule has 3 N–H and O–H groups in total. The standard InChI is InChI=1S/C21H29N3O/c1-3-4-5-9-14-23-24-21(25)19-13-12-17(2)20(15-19)22-16-18-10-7-6-8-11-18/h6-8,10-13,15,22-23H,3-5,9,14,16H2,1-2H3,(H,24,25). The van der Waals surface area contributed by atoms with Crippen LogP contribution in [0.4, 0.5) is 5.69 Å². The third kappa shape index (κ3) is 6.59. The van der Waals surface area contributed by atoms with Crippen molar-refractivity contribution in [2.75, 3.05) is 11.9 Å². The molecule has 0 saturated heterocycles. The van der Waals surface area contributed by atoms with Gasteiger partial charge in [-0.15, -0.1) is 0 Å². The monoisotopic (exact) mass is 339 g/mol. The van der Waals surface area contributed by atoms with Gasteiger partial charge in [0.2, 0.25) is 0 Å². The quantitative estimate of drug-likeness (QED) is 0.443. The molecule has 4 nitrogen and oxygen atoms in total. The maximum absolute atomic E-state index is 12.3. The van der Waals surface area contributed by atoms with Gasteiger partial charge in [-0.05, 0) is 36.6 Å². The van der Waals surface area contributed by atoms with Crippen LogP contribution in [0.3, 0.4) is 0 Å². The van der Waals surface area contributed by atoms with Gasteiger partial charge in [-0.2, -0.15) is 0 Å². The first-order valence-electron chi connectivity index (χ1n) is 9.12. The minimum absolute atomic E-state index is 0.0988. The van der Waals surface area contributed by atoms with Crippen LogP contribution in [0.15, 0.2) is 48.5 Å². The van der Waals surface area contributed by atoms with E-state index in [9.17, 15) is 4.79 Å². The highest BCUT2D eigenvalue weighted by molar-refractivity contribution is 5.95. The molecule has 4 heteroatoms. The largest absolute Gasteiger partial charge is 0.381 e. The molecule has 0 unspecified atom stereocenters. The molecule has 2 aromatic carbocycles. The number of anilines is 1. The van der Waals surface area contributed by atoms with Crippen molar-refractivity contribution in [1.82, 2.24) is 10.9 Å². The zero-order valence-corrected chi connectivity index (χ0v) is 15.3. The smallest absolute Gasteiger partial charge is 0.265 e. The fourth-order valence-corrected chi connectivity index (χ4v) is 2.60. The predicted molar refractivity (Wildman–Crippen MR) is 105 cm³/mol. The Balaban J connectivity index is 1.85. The number of hydrazine groups is 1. The molecule has 0 bridgehead atoms. The second-order valence-electron chi connectivity index (χ2n) is 6.31. The number of carbonyl (C=O) groups is 1. The third-order valence-corrected chi connectivity index (χ3v) is 4.18. The van der Waals surface area contributed by atoms with E-state index >= 15 is 0 Å². The Hall–Kier alpha value is -2.33. The van der Waals surface area contributed by atoms with Gasteiger partial charge < -0.3 is 5.32 Å². The van der Waals surface area contributed by atoms with Crippen molar-refractivity contribution in [1.29, 1.82) is 0 Å². The molecule has 2 rings (SSSR count). The van der Waals surface area contributed by atoms with Crippen molar-refractivity contribution in [3.05, 3.63) is 65.2 Å². The van der Waals surface area contributed by atoms with E-state index in [2.05, 4.69) is 35.2 Å². The fraction of sp³-hybridized carbons (Fsp3) is 0.381. The minimum atomic E-state index is -0.0988. The molecule has 0 aliphatic rings. The lowest BCUT2D eigenvalue weighted by Gasteiger charge is -2.12. The highest BCUT2D eigenvalue weighted by atomic mass is 16.2. The molecule has 0 spiro atoms. The van der Waals surface area contributed by atoms with Crippen LogP contribution in [0.5, 0.6) is 0 Å². The second kappa shape index (κ2) is 10.5. The molecule has 0 heterocycles. The summed E-state index contributed by atoms with van der Waals surface area (Å²) in [5.41, 5.74) is 9.77. The lowest BCUT2D eigenvalue weighted by atomic mass is 10.1. The first-order chi connectivity index (χ1) is 12.2. The molecule has 25 heavy (non-hydrogen) atoms. The first-order valence-corrected chi connectivity index (χ1v) is 9.12. The Kier molecular flexibility index (Phi) is 7.99. The highest BCUT2D eigenvalue weighted by Gasteiger charge is 2.07. The van der Waals surface area contributed by atoms with Gasteiger partial charge in [-0.25, -0.2) is 5.43 Å². The first kappa shape index (κ1) is 19.0. The number of rotatable bonds is 10. The lowest BCUT2D eigenvalue weighted by molar-refractivity contribution is 0.0933. The summed E-state index contributed by atoms with van der Waals surface area (Å²) in [5.74, 6) is -0.0988. The topological polar surface area (TPSA) is 53.2 Å². The van der Waals surface area contributed by atoms with Crippen LogP contribution in [0.2, 0.25) is 0 Å². The number of hydrogen-bond acceptors (Lipinski definition) is 3. The zero-order valence-electron chi connectivity index (χ0n) is 15.3. The Morgan fingerprint density at radius 3 is 2.56 bits per heavy atom. The summed E-state index contributed by atoms with van der Waals surface area (Å²) in [5, 5.41) is 3.41. The summed E-state index contributed by atoms with van der Waals surface area (Å²) in [6.45, 7) is 5.77. The Morgan fingerprint density at radius 1 is 1.00 bits per heavy atom. The Labute approximate surface area is 151 Å². The summed E-state index contributed by atoms with van der Waals surface area (Å²) in [6, 6.07) is 16.0. The van der Waals surface area contributed by atoms with Crippen molar-refractivity contribution >= 4 is 11.6 Å². The predicted octanol–water partition coefficient (Wildman–Crippen LogP) is 4.42. The van der Waals surface area contributed by atoms with Crippen LogP contribution < -0.4 is 16.2 Å².